The Hall–Kier alpha value is -1.68. The van der Waals surface area contributed by atoms with Gasteiger partial charge in [0.25, 0.3) is 5.91 Å². The molecule has 1 spiro atoms. The zero-order chi connectivity index (χ0) is 22.4. The highest BCUT2D eigenvalue weighted by atomic mass is 35.5. The first-order valence-corrected chi connectivity index (χ1v) is 12.6. The number of rotatable bonds is 4. The van der Waals surface area contributed by atoms with Crippen molar-refractivity contribution in [2.24, 2.45) is 11.8 Å². The maximum absolute atomic E-state index is 13.3. The average molecular weight is 469 g/mol. The maximum Gasteiger partial charge on any atom is 0.326 e. The molecule has 0 aromatic heterocycles. The first kappa shape index (κ1) is 22.5. The van der Waals surface area contributed by atoms with Crippen molar-refractivity contribution in [2.75, 3.05) is 32.8 Å². The molecule has 1 aromatic carbocycles. The quantitative estimate of drug-likeness (QED) is 0.685. The molecule has 1 aromatic rings. The van der Waals surface area contributed by atoms with Crippen LogP contribution in [-0.2, 0) is 14.8 Å². The van der Waals surface area contributed by atoms with Crippen LogP contribution in [0.2, 0.25) is 5.02 Å². The van der Waals surface area contributed by atoms with E-state index in [0.29, 0.717) is 13.1 Å². The number of hydrogen-bond donors (Lipinski definition) is 1. The SMILES string of the molecule is CC1CCCC(C)C12NC(=O)N(CN1CCN(S(=O)(=O)c3ccccc3Cl)CC1)C2=O. The van der Waals surface area contributed by atoms with Crippen LogP contribution in [0.3, 0.4) is 0 Å². The van der Waals surface area contributed by atoms with E-state index in [4.69, 9.17) is 11.6 Å². The van der Waals surface area contributed by atoms with Crippen molar-refractivity contribution in [3.05, 3.63) is 29.3 Å². The third-order valence-electron chi connectivity index (χ3n) is 7.11. The fraction of sp³-hybridized carbons (Fsp3) is 0.619. The van der Waals surface area contributed by atoms with Crippen LogP contribution in [0.5, 0.6) is 0 Å². The molecule has 8 nitrogen and oxygen atoms in total. The lowest BCUT2D eigenvalue weighted by Gasteiger charge is -2.42. The molecule has 1 aliphatic carbocycles. The Labute approximate surface area is 188 Å². The summed E-state index contributed by atoms with van der Waals surface area (Å²) in [7, 11) is -3.69. The van der Waals surface area contributed by atoms with E-state index < -0.39 is 15.6 Å². The molecule has 0 radical (unpaired) electrons. The molecule has 1 N–H and O–H groups in total. The molecule has 0 bridgehead atoms. The molecule has 2 saturated heterocycles. The Morgan fingerprint density at radius 3 is 2.29 bits per heavy atom. The zero-order valence-electron chi connectivity index (χ0n) is 17.9. The monoisotopic (exact) mass is 468 g/mol. The summed E-state index contributed by atoms with van der Waals surface area (Å²) in [6.45, 7) is 5.65. The Bertz CT molecular complexity index is 967. The molecule has 3 aliphatic rings. The summed E-state index contributed by atoms with van der Waals surface area (Å²) in [4.78, 5) is 29.4. The summed E-state index contributed by atoms with van der Waals surface area (Å²) in [5.74, 6) is 0.0361. The molecule has 170 valence electrons. The predicted molar refractivity (Wildman–Crippen MR) is 117 cm³/mol. The minimum atomic E-state index is -3.69. The van der Waals surface area contributed by atoms with Crippen molar-refractivity contribution in [3.63, 3.8) is 0 Å². The Kier molecular flexibility index (Phi) is 6.06. The number of nitrogens with zero attached hydrogens (tertiary/aromatic N) is 3. The van der Waals surface area contributed by atoms with E-state index in [1.807, 2.05) is 18.7 Å². The predicted octanol–water partition coefficient (Wildman–Crippen LogP) is 2.35. The number of carbonyl (C=O) groups is 2. The van der Waals surface area contributed by atoms with Crippen LogP contribution in [0, 0.1) is 11.8 Å². The summed E-state index contributed by atoms with van der Waals surface area (Å²) in [5.41, 5.74) is -0.815. The lowest BCUT2D eigenvalue weighted by Crippen LogP contribution is -2.59. The van der Waals surface area contributed by atoms with Gasteiger partial charge in [-0.15, -0.1) is 0 Å². The lowest BCUT2D eigenvalue weighted by molar-refractivity contribution is -0.138. The minimum absolute atomic E-state index is 0.0929. The van der Waals surface area contributed by atoms with Crippen molar-refractivity contribution in [2.45, 2.75) is 43.5 Å². The topological polar surface area (TPSA) is 90.0 Å². The number of amides is 3. The Balaban J connectivity index is 1.42. The van der Waals surface area contributed by atoms with Crippen molar-refractivity contribution in [3.8, 4) is 0 Å². The maximum atomic E-state index is 13.3. The van der Waals surface area contributed by atoms with Gasteiger partial charge in [-0.3, -0.25) is 9.69 Å². The molecule has 2 unspecified atom stereocenters. The summed E-state index contributed by atoms with van der Waals surface area (Å²) < 4.78 is 27.3. The van der Waals surface area contributed by atoms with Gasteiger partial charge in [-0.05, 0) is 36.8 Å². The van der Waals surface area contributed by atoms with Gasteiger partial charge in [0.2, 0.25) is 10.0 Å². The molecule has 10 heteroatoms. The smallest absolute Gasteiger partial charge is 0.323 e. The molecule has 2 heterocycles. The summed E-state index contributed by atoms with van der Waals surface area (Å²) in [6, 6.07) is 6.05. The molecule has 1 saturated carbocycles. The number of urea groups is 1. The van der Waals surface area contributed by atoms with Crippen LogP contribution in [0.4, 0.5) is 4.79 Å². The first-order chi connectivity index (χ1) is 14.7. The van der Waals surface area contributed by atoms with Crippen molar-refractivity contribution in [1.29, 1.82) is 0 Å². The van der Waals surface area contributed by atoms with Crippen LogP contribution in [0.1, 0.15) is 33.1 Å². The van der Waals surface area contributed by atoms with Gasteiger partial charge in [0.15, 0.2) is 0 Å². The van der Waals surface area contributed by atoms with Crippen molar-refractivity contribution >= 4 is 33.6 Å². The molecule has 2 aliphatic heterocycles. The second-order valence-corrected chi connectivity index (χ2v) is 11.2. The van der Waals surface area contributed by atoms with Gasteiger partial charge in [0.05, 0.1) is 11.7 Å². The largest absolute Gasteiger partial charge is 0.326 e. The summed E-state index contributed by atoms with van der Waals surface area (Å²) in [5, 5.41) is 3.21. The minimum Gasteiger partial charge on any atom is -0.323 e. The van der Waals surface area contributed by atoms with E-state index in [1.54, 1.807) is 18.2 Å². The third kappa shape index (κ3) is 3.75. The van der Waals surface area contributed by atoms with Crippen LogP contribution in [0.25, 0.3) is 0 Å². The zero-order valence-corrected chi connectivity index (χ0v) is 19.5. The number of imide groups is 1. The third-order valence-corrected chi connectivity index (χ3v) is 9.51. The van der Waals surface area contributed by atoms with E-state index in [-0.39, 0.29) is 53.5 Å². The van der Waals surface area contributed by atoms with Gasteiger partial charge in [-0.25, -0.2) is 18.1 Å². The van der Waals surface area contributed by atoms with E-state index in [1.165, 1.54) is 15.3 Å². The second kappa shape index (κ2) is 8.35. The summed E-state index contributed by atoms with van der Waals surface area (Å²) in [6.07, 6.45) is 2.90. The number of sulfonamides is 1. The number of nitrogens with one attached hydrogen (secondary N) is 1. The van der Waals surface area contributed by atoms with Crippen molar-refractivity contribution in [1.82, 2.24) is 19.4 Å². The van der Waals surface area contributed by atoms with Crippen LogP contribution in [0.15, 0.2) is 29.2 Å². The Morgan fingerprint density at radius 2 is 1.68 bits per heavy atom. The molecular formula is C21H29ClN4O4S. The molecule has 2 atom stereocenters. The highest BCUT2D eigenvalue weighted by Crippen LogP contribution is 2.42. The van der Waals surface area contributed by atoms with E-state index in [0.717, 1.165) is 19.3 Å². The fourth-order valence-electron chi connectivity index (χ4n) is 5.19. The summed E-state index contributed by atoms with van der Waals surface area (Å²) >= 11 is 6.09. The van der Waals surface area contributed by atoms with Crippen molar-refractivity contribution < 1.29 is 18.0 Å². The molecule has 3 fully saturated rings. The highest BCUT2D eigenvalue weighted by Gasteiger charge is 2.58. The first-order valence-electron chi connectivity index (χ1n) is 10.8. The van der Waals surface area contributed by atoms with E-state index in [9.17, 15) is 18.0 Å². The van der Waals surface area contributed by atoms with Gasteiger partial charge in [-0.2, -0.15) is 4.31 Å². The number of carbonyl (C=O) groups excluding carboxylic acids is 2. The van der Waals surface area contributed by atoms with E-state index >= 15 is 0 Å². The molecule has 3 amide bonds. The molecule has 31 heavy (non-hydrogen) atoms. The second-order valence-electron chi connectivity index (χ2n) is 8.86. The normalized spacial score (nSPS) is 30.7. The van der Waals surface area contributed by atoms with Crippen LogP contribution >= 0.6 is 11.6 Å². The number of hydrogen-bond acceptors (Lipinski definition) is 5. The molecular weight excluding hydrogens is 440 g/mol. The number of halogens is 1. The number of piperazine rings is 1. The van der Waals surface area contributed by atoms with Gasteiger partial charge in [0, 0.05) is 26.2 Å². The van der Waals surface area contributed by atoms with Crippen LogP contribution < -0.4 is 5.32 Å². The average Bonchev–Trinajstić information content (AvgIpc) is 2.98. The van der Waals surface area contributed by atoms with Gasteiger partial charge in [0.1, 0.15) is 10.4 Å². The van der Waals surface area contributed by atoms with E-state index in [2.05, 4.69) is 5.32 Å². The fourth-order valence-corrected chi connectivity index (χ4v) is 7.10. The van der Waals surface area contributed by atoms with Gasteiger partial charge in [-0.1, -0.05) is 44.0 Å². The Morgan fingerprint density at radius 1 is 1.06 bits per heavy atom. The standard InChI is InChI=1S/C21H29ClN4O4S/c1-15-6-5-7-16(2)21(15)19(27)26(20(28)23-21)14-24-10-12-25(13-11-24)31(29,30)18-9-4-3-8-17(18)22/h3-4,8-9,15-16H,5-7,10-14H2,1-2H3,(H,23,28). The number of benzene rings is 1. The van der Waals surface area contributed by atoms with Crippen LogP contribution in [-0.4, -0.2) is 72.8 Å². The van der Waals surface area contributed by atoms with Gasteiger partial charge < -0.3 is 5.32 Å². The molecule has 4 rings (SSSR count). The highest BCUT2D eigenvalue weighted by molar-refractivity contribution is 7.89. The van der Waals surface area contributed by atoms with Gasteiger partial charge >= 0.3 is 6.03 Å². The lowest BCUT2D eigenvalue weighted by atomic mass is 9.67.